The number of halogens is 1. The van der Waals surface area contributed by atoms with Gasteiger partial charge in [0, 0.05) is 12.4 Å². The summed E-state index contributed by atoms with van der Waals surface area (Å²) in [5.41, 5.74) is 0.910. The molecule has 3 nitrogen and oxygen atoms in total. The fourth-order valence-corrected chi connectivity index (χ4v) is 2.39. The zero-order valence-electron chi connectivity index (χ0n) is 12.9. The summed E-state index contributed by atoms with van der Waals surface area (Å²) >= 11 is 0. The largest absolute Gasteiger partial charge is 0.481 e. The number of carboxylic acid groups (broad SMARTS) is 1. The molecule has 0 spiro atoms. The Morgan fingerprint density at radius 3 is 2.17 bits per heavy atom. The maximum Gasteiger partial charge on any atom is 0.310 e. The number of rotatable bonds is 3. The molecule has 0 saturated heterocycles. The van der Waals surface area contributed by atoms with E-state index in [1.54, 1.807) is 12.4 Å². The predicted octanol–water partition coefficient (Wildman–Crippen LogP) is 4.92. The zero-order chi connectivity index (χ0) is 15.8. The monoisotopic (exact) mass is 329 g/mol. The van der Waals surface area contributed by atoms with Gasteiger partial charge in [-0.1, -0.05) is 55.5 Å². The molecule has 1 aromatic heterocycles. The molecule has 3 aromatic rings. The van der Waals surface area contributed by atoms with E-state index in [9.17, 15) is 9.90 Å². The van der Waals surface area contributed by atoms with Crippen LogP contribution in [0.5, 0.6) is 0 Å². The number of hydrogen-bond donors (Lipinski definition) is 1. The van der Waals surface area contributed by atoms with Crippen LogP contribution in [0.25, 0.3) is 10.8 Å². The summed E-state index contributed by atoms with van der Waals surface area (Å²) in [5.74, 6) is -1.16. The average molecular weight is 330 g/mol. The fourth-order valence-electron chi connectivity index (χ4n) is 2.39. The van der Waals surface area contributed by atoms with Crippen molar-refractivity contribution in [3.8, 4) is 0 Å². The molecule has 4 heteroatoms. The molecule has 0 aliphatic carbocycles. The van der Waals surface area contributed by atoms with Crippen LogP contribution in [-0.4, -0.2) is 16.1 Å². The fraction of sp³-hybridized carbons (Fsp3) is 0.158. The zero-order valence-corrected chi connectivity index (χ0v) is 13.7. The summed E-state index contributed by atoms with van der Waals surface area (Å²) < 4.78 is 0. The second-order valence-corrected chi connectivity index (χ2v) is 4.89. The highest BCUT2D eigenvalue weighted by molar-refractivity contribution is 5.90. The average Bonchev–Trinajstić information content (AvgIpc) is 2.58. The molecule has 3 rings (SSSR count). The van der Waals surface area contributed by atoms with E-state index >= 15 is 0 Å². The van der Waals surface area contributed by atoms with E-state index in [0.29, 0.717) is 6.42 Å². The van der Waals surface area contributed by atoms with Crippen molar-refractivity contribution in [3.63, 3.8) is 0 Å². The lowest BCUT2D eigenvalue weighted by Gasteiger charge is -2.12. The molecule has 1 N–H and O–H groups in total. The van der Waals surface area contributed by atoms with Gasteiger partial charge < -0.3 is 5.11 Å². The first-order valence-electron chi connectivity index (χ1n) is 7.29. The number of aliphatic carboxylic acids is 1. The van der Waals surface area contributed by atoms with Crippen LogP contribution in [0, 0.1) is 0 Å². The van der Waals surface area contributed by atoms with E-state index in [-0.39, 0.29) is 12.4 Å². The molecule has 0 amide bonds. The molecule has 23 heavy (non-hydrogen) atoms. The maximum absolute atomic E-state index is 11.2. The van der Waals surface area contributed by atoms with Crippen molar-refractivity contribution in [1.82, 2.24) is 4.98 Å². The lowest BCUT2D eigenvalue weighted by atomic mass is 9.92. The van der Waals surface area contributed by atoms with Crippen molar-refractivity contribution in [2.24, 2.45) is 0 Å². The van der Waals surface area contributed by atoms with Crippen LogP contribution in [0.4, 0.5) is 0 Å². The summed E-state index contributed by atoms with van der Waals surface area (Å²) in [6, 6.07) is 19.5. The molecule has 0 fully saturated rings. The van der Waals surface area contributed by atoms with E-state index in [2.05, 4.69) is 4.98 Å². The molecule has 1 unspecified atom stereocenters. The van der Waals surface area contributed by atoms with Gasteiger partial charge in [-0.05, 0) is 34.9 Å². The second-order valence-electron chi connectivity index (χ2n) is 4.89. The quantitative estimate of drug-likeness (QED) is 0.741. The summed E-state index contributed by atoms with van der Waals surface area (Å²) in [6.07, 6.45) is 4.11. The van der Waals surface area contributed by atoms with Crippen LogP contribution in [0.3, 0.4) is 0 Å². The summed E-state index contributed by atoms with van der Waals surface area (Å²) in [5, 5.41) is 11.3. The number of carbonyl (C=O) groups is 1. The standard InChI is InChI=1S/C14H14O2.C5H5N.ClH/c1-2-11(14(15)16)13-9-5-7-10-6-3-4-8-12(10)13;1-2-4-6-5-3-1;/h3-9,11H,2H2,1H3,(H,15,16);1-5H;1H. The van der Waals surface area contributed by atoms with E-state index in [1.165, 1.54) is 0 Å². The van der Waals surface area contributed by atoms with Gasteiger partial charge in [-0.2, -0.15) is 0 Å². The predicted molar refractivity (Wildman–Crippen MR) is 96.1 cm³/mol. The van der Waals surface area contributed by atoms with Crippen molar-refractivity contribution in [2.75, 3.05) is 0 Å². The van der Waals surface area contributed by atoms with E-state index in [4.69, 9.17) is 0 Å². The molecule has 2 aromatic carbocycles. The van der Waals surface area contributed by atoms with Crippen molar-refractivity contribution in [2.45, 2.75) is 19.3 Å². The third-order valence-corrected chi connectivity index (χ3v) is 3.47. The van der Waals surface area contributed by atoms with E-state index in [1.807, 2.05) is 67.6 Å². The Bertz CT molecular complexity index is 700. The first kappa shape index (κ1) is 18.7. The minimum Gasteiger partial charge on any atom is -0.481 e. The lowest BCUT2D eigenvalue weighted by Crippen LogP contribution is -2.10. The summed E-state index contributed by atoms with van der Waals surface area (Å²) in [6.45, 7) is 1.90. The number of fused-ring (bicyclic) bond motifs is 1. The highest BCUT2D eigenvalue weighted by Crippen LogP contribution is 2.27. The number of carboxylic acids is 1. The maximum atomic E-state index is 11.2. The van der Waals surface area contributed by atoms with Gasteiger partial charge in [0.05, 0.1) is 5.92 Å². The Morgan fingerprint density at radius 2 is 1.65 bits per heavy atom. The number of hydrogen-bond acceptors (Lipinski definition) is 2. The van der Waals surface area contributed by atoms with E-state index in [0.717, 1.165) is 16.3 Å². The van der Waals surface area contributed by atoms with Gasteiger partial charge in [0.15, 0.2) is 0 Å². The summed E-state index contributed by atoms with van der Waals surface area (Å²) in [4.78, 5) is 15.0. The smallest absolute Gasteiger partial charge is 0.310 e. The molecule has 1 atom stereocenters. The SMILES string of the molecule is CCC(C(=O)O)c1cccc2ccccc12.Cl.c1ccncc1. The molecular formula is C19H20ClNO2. The van der Waals surface area contributed by atoms with Gasteiger partial charge in [0.25, 0.3) is 0 Å². The molecule has 1 heterocycles. The van der Waals surface area contributed by atoms with Crippen molar-refractivity contribution in [1.29, 1.82) is 0 Å². The van der Waals surface area contributed by atoms with Gasteiger partial charge in [0.2, 0.25) is 0 Å². The summed E-state index contributed by atoms with van der Waals surface area (Å²) in [7, 11) is 0. The topological polar surface area (TPSA) is 50.2 Å². The van der Waals surface area contributed by atoms with E-state index < -0.39 is 11.9 Å². The van der Waals surface area contributed by atoms with Gasteiger partial charge in [-0.15, -0.1) is 12.4 Å². The number of benzene rings is 2. The van der Waals surface area contributed by atoms with Gasteiger partial charge >= 0.3 is 5.97 Å². The number of pyridine rings is 1. The Kier molecular flexibility index (Phi) is 7.78. The minimum absolute atomic E-state index is 0. The van der Waals surface area contributed by atoms with Gasteiger partial charge in [0.1, 0.15) is 0 Å². The molecule has 0 radical (unpaired) electrons. The highest BCUT2D eigenvalue weighted by Gasteiger charge is 2.19. The second kappa shape index (κ2) is 9.59. The molecular weight excluding hydrogens is 310 g/mol. The Hall–Kier alpha value is -2.39. The first-order valence-corrected chi connectivity index (χ1v) is 7.29. The normalized spacial score (nSPS) is 10.8. The highest BCUT2D eigenvalue weighted by atomic mass is 35.5. The van der Waals surface area contributed by atoms with Crippen LogP contribution in [0.15, 0.2) is 73.1 Å². The number of nitrogens with zero attached hydrogens (tertiary/aromatic N) is 1. The van der Waals surface area contributed by atoms with Crippen LogP contribution in [-0.2, 0) is 4.79 Å². The third kappa shape index (κ3) is 5.08. The van der Waals surface area contributed by atoms with Crippen LogP contribution >= 0.6 is 12.4 Å². The molecule has 0 saturated carbocycles. The molecule has 0 aliphatic heterocycles. The third-order valence-electron chi connectivity index (χ3n) is 3.47. The molecule has 0 bridgehead atoms. The lowest BCUT2D eigenvalue weighted by molar-refractivity contribution is -0.138. The van der Waals surface area contributed by atoms with Crippen molar-refractivity contribution >= 4 is 29.1 Å². The van der Waals surface area contributed by atoms with Crippen LogP contribution in [0.1, 0.15) is 24.8 Å². The van der Waals surface area contributed by atoms with Gasteiger partial charge in [-0.3, -0.25) is 9.78 Å². The van der Waals surface area contributed by atoms with Crippen LogP contribution in [0.2, 0.25) is 0 Å². The Balaban J connectivity index is 0.000000320. The Morgan fingerprint density at radius 1 is 1.00 bits per heavy atom. The first-order chi connectivity index (χ1) is 10.7. The number of aromatic nitrogens is 1. The van der Waals surface area contributed by atoms with Gasteiger partial charge in [-0.25, -0.2) is 0 Å². The van der Waals surface area contributed by atoms with Crippen molar-refractivity contribution < 1.29 is 9.90 Å². The molecule has 0 aliphatic rings. The van der Waals surface area contributed by atoms with Crippen LogP contribution < -0.4 is 0 Å². The molecule has 120 valence electrons. The Labute approximate surface area is 142 Å². The van der Waals surface area contributed by atoms with Crippen molar-refractivity contribution in [3.05, 3.63) is 78.6 Å². The minimum atomic E-state index is -0.751.